The van der Waals surface area contributed by atoms with Crippen molar-refractivity contribution in [3.63, 3.8) is 0 Å². The minimum Gasteiger partial charge on any atom is -0.314 e. The quantitative estimate of drug-likeness (QED) is 0.690. The fourth-order valence-electron chi connectivity index (χ4n) is 1.94. The fraction of sp³-hybridized carbons (Fsp3) is 0.556. The number of aromatic nitrogens is 2. The maximum absolute atomic E-state index is 11.4. The standard InChI is InChI=1S/C9H12N2O2/c12-8-5-6-10-9(13)11(8)7-3-1-2-4-7/h5-7H,1-4H2,(H,10,13). The maximum atomic E-state index is 11.4. The molecule has 0 saturated heterocycles. The van der Waals surface area contributed by atoms with E-state index < -0.39 is 0 Å². The third-order valence-electron chi connectivity index (χ3n) is 2.58. The summed E-state index contributed by atoms with van der Waals surface area (Å²) >= 11 is 0. The molecule has 1 aromatic heterocycles. The van der Waals surface area contributed by atoms with Crippen molar-refractivity contribution in [2.45, 2.75) is 31.7 Å². The van der Waals surface area contributed by atoms with Gasteiger partial charge >= 0.3 is 5.69 Å². The molecule has 0 aromatic carbocycles. The van der Waals surface area contributed by atoms with Crippen molar-refractivity contribution in [1.29, 1.82) is 0 Å². The Morgan fingerprint density at radius 3 is 2.62 bits per heavy atom. The molecule has 0 atom stereocenters. The van der Waals surface area contributed by atoms with Crippen LogP contribution in [-0.4, -0.2) is 9.55 Å². The molecule has 0 unspecified atom stereocenters. The number of aromatic amines is 1. The van der Waals surface area contributed by atoms with E-state index in [4.69, 9.17) is 0 Å². The molecule has 0 amide bonds. The van der Waals surface area contributed by atoms with Crippen LogP contribution >= 0.6 is 0 Å². The highest BCUT2D eigenvalue weighted by molar-refractivity contribution is 4.87. The van der Waals surface area contributed by atoms with E-state index in [1.165, 1.54) is 16.8 Å². The average Bonchev–Trinajstić information content (AvgIpc) is 2.57. The van der Waals surface area contributed by atoms with Crippen molar-refractivity contribution in [3.8, 4) is 0 Å². The second-order valence-corrected chi connectivity index (χ2v) is 3.43. The summed E-state index contributed by atoms with van der Waals surface area (Å²) in [5.41, 5.74) is -0.463. The molecule has 13 heavy (non-hydrogen) atoms. The number of nitrogens with zero attached hydrogens (tertiary/aromatic N) is 1. The van der Waals surface area contributed by atoms with E-state index in [1.54, 1.807) is 0 Å². The van der Waals surface area contributed by atoms with Gasteiger partial charge in [0.15, 0.2) is 0 Å². The molecular weight excluding hydrogens is 168 g/mol. The topological polar surface area (TPSA) is 54.9 Å². The van der Waals surface area contributed by atoms with Crippen molar-refractivity contribution >= 4 is 0 Å². The van der Waals surface area contributed by atoms with Gasteiger partial charge in [-0.2, -0.15) is 0 Å². The van der Waals surface area contributed by atoms with E-state index in [-0.39, 0.29) is 17.3 Å². The number of hydrogen-bond acceptors (Lipinski definition) is 2. The second-order valence-electron chi connectivity index (χ2n) is 3.43. The molecule has 0 bridgehead atoms. The predicted octanol–water partition coefficient (Wildman–Crippen LogP) is 0.652. The first kappa shape index (κ1) is 8.29. The Hall–Kier alpha value is -1.32. The third kappa shape index (κ3) is 1.43. The summed E-state index contributed by atoms with van der Waals surface area (Å²) in [5.74, 6) is 0. The van der Waals surface area contributed by atoms with Gasteiger partial charge in [-0.25, -0.2) is 4.79 Å². The zero-order valence-electron chi connectivity index (χ0n) is 7.32. The van der Waals surface area contributed by atoms with E-state index in [0.717, 1.165) is 25.7 Å². The van der Waals surface area contributed by atoms with Gasteiger partial charge in [0.25, 0.3) is 5.56 Å². The van der Waals surface area contributed by atoms with Crippen LogP contribution in [0.1, 0.15) is 31.7 Å². The zero-order valence-corrected chi connectivity index (χ0v) is 7.32. The molecular formula is C9H12N2O2. The van der Waals surface area contributed by atoms with Gasteiger partial charge in [0.2, 0.25) is 0 Å². The Balaban J connectivity index is 2.49. The first-order valence-electron chi connectivity index (χ1n) is 4.59. The SMILES string of the molecule is O=c1cc[nH]c(=O)n1C1CCCC1. The first-order valence-corrected chi connectivity index (χ1v) is 4.59. The third-order valence-corrected chi connectivity index (χ3v) is 2.58. The van der Waals surface area contributed by atoms with Gasteiger partial charge in [-0.05, 0) is 12.8 Å². The maximum Gasteiger partial charge on any atom is 0.328 e. The Kier molecular flexibility index (Phi) is 2.04. The lowest BCUT2D eigenvalue weighted by Crippen LogP contribution is -2.36. The molecule has 4 nitrogen and oxygen atoms in total. The van der Waals surface area contributed by atoms with Crippen molar-refractivity contribution in [3.05, 3.63) is 33.1 Å². The number of nitrogens with one attached hydrogen (secondary N) is 1. The molecule has 1 aliphatic rings. The van der Waals surface area contributed by atoms with Crippen LogP contribution in [-0.2, 0) is 0 Å². The van der Waals surface area contributed by atoms with Gasteiger partial charge in [-0.3, -0.25) is 9.36 Å². The van der Waals surface area contributed by atoms with Crippen LogP contribution in [0.2, 0.25) is 0 Å². The summed E-state index contributed by atoms with van der Waals surface area (Å²) in [4.78, 5) is 25.2. The molecule has 2 rings (SSSR count). The monoisotopic (exact) mass is 180 g/mol. The zero-order chi connectivity index (χ0) is 9.26. The van der Waals surface area contributed by atoms with Gasteiger partial charge in [-0.1, -0.05) is 12.8 Å². The van der Waals surface area contributed by atoms with E-state index >= 15 is 0 Å². The molecule has 1 aliphatic carbocycles. The van der Waals surface area contributed by atoms with Crippen LogP contribution in [0.25, 0.3) is 0 Å². The lowest BCUT2D eigenvalue weighted by Gasteiger charge is -2.10. The number of H-pyrrole nitrogens is 1. The van der Waals surface area contributed by atoms with Crippen LogP contribution < -0.4 is 11.2 Å². The molecule has 1 heterocycles. The van der Waals surface area contributed by atoms with Crippen LogP contribution in [0, 0.1) is 0 Å². The minimum atomic E-state index is -0.278. The van der Waals surface area contributed by atoms with Crippen molar-refractivity contribution in [2.75, 3.05) is 0 Å². The van der Waals surface area contributed by atoms with E-state index in [1.807, 2.05) is 0 Å². The molecule has 1 N–H and O–H groups in total. The van der Waals surface area contributed by atoms with Crippen molar-refractivity contribution < 1.29 is 0 Å². The second kappa shape index (κ2) is 3.20. The van der Waals surface area contributed by atoms with Gasteiger partial charge in [0.05, 0.1) is 0 Å². The number of hydrogen-bond donors (Lipinski definition) is 1. The van der Waals surface area contributed by atoms with Crippen LogP contribution in [0.5, 0.6) is 0 Å². The summed E-state index contributed by atoms with van der Waals surface area (Å²) in [6.45, 7) is 0. The van der Waals surface area contributed by atoms with Crippen molar-refractivity contribution in [1.82, 2.24) is 9.55 Å². The molecule has 0 radical (unpaired) electrons. The van der Waals surface area contributed by atoms with E-state index in [2.05, 4.69) is 4.98 Å². The highest BCUT2D eigenvalue weighted by atomic mass is 16.2. The predicted molar refractivity (Wildman–Crippen MR) is 48.8 cm³/mol. The lowest BCUT2D eigenvalue weighted by molar-refractivity contribution is 0.478. The van der Waals surface area contributed by atoms with E-state index in [0.29, 0.717) is 0 Å². The van der Waals surface area contributed by atoms with Crippen LogP contribution in [0.15, 0.2) is 21.9 Å². The molecule has 0 aliphatic heterocycles. The Morgan fingerprint density at radius 2 is 2.00 bits per heavy atom. The number of rotatable bonds is 1. The molecule has 70 valence electrons. The summed E-state index contributed by atoms with van der Waals surface area (Å²) in [7, 11) is 0. The summed E-state index contributed by atoms with van der Waals surface area (Å²) in [5, 5.41) is 0. The Morgan fingerprint density at radius 1 is 1.31 bits per heavy atom. The van der Waals surface area contributed by atoms with Crippen LogP contribution in [0.4, 0.5) is 0 Å². The Labute approximate surface area is 75.2 Å². The molecule has 4 heteroatoms. The lowest BCUT2D eigenvalue weighted by atomic mass is 10.2. The average molecular weight is 180 g/mol. The highest BCUT2D eigenvalue weighted by Crippen LogP contribution is 2.26. The first-order chi connectivity index (χ1) is 6.29. The summed E-state index contributed by atoms with van der Waals surface area (Å²) < 4.78 is 1.34. The van der Waals surface area contributed by atoms with Crippen molar-refractivity contribution in [2.24, 2.45) is 0 Å². The Bertz CT molecular complexity index is 370. The van der Waals surface area contributed by atoms with Gasteiger partial charge in [0, 0.05) is 18.3 Å². The smallest absolute Gasteiger partial charge is 0.314 e. The summed E-state index contributed by atoms with van der Waals surface area (Å²) in [6.07, 6.45) is 5.53. The van der Waals surface area contributed by atoms with Gasteiger partial charge in [0.1, 0.15) is 0 Å². The highest BCUT2D eigenvalue weighted by Gasteiger charge is 2.19. The molecule has 1 saturated carbocycles. The minimum absolute atomic E-state index is 0.123. The van der Waals surface area contributed by atoms with E-state index in [9.17, 15) is 9.59 Å². The van der Waals surface area contributed by atoms with Gasteiger partial charge in [-0.15, -0.1) is 0 Å². The fourth-order valence-corrected chi connectivity index (χ4v) is 1.94. The molecule has 1 fully saturated rings. The largest absolute Gasteiger partial charge is 0.328 e. The molecule has 1 aromatic rings. The summed E-state index contributed by atoms with van der Waals surface area (Å²) in [6, 6.07) is 1.53. The van der Waals surface area contributed by atoms with Gasteiger partial charge < -0.3 is 4.98 Å². The van der Waals surface area contributed by atoms with Crippen LogP contribution in [0.3, 0.4) is 0 Å². The normalized spacial score (nSPS) is 17.8. The molecule has 0 spiro atoms.